The molecule has 1 aliphatic heterocycles. The maximum atomic E-state index is 11.8. The van der Waals surface area contributed by atoms with Gasteiger partial charge in [0.15, 0.2) is 5.76 Å². The van der Waals surface area contributed by atoms with Crippen LogP contribution in [0.2, 0.25) is 0 Å². The molecule has 0 aromatic rings. The summed E-state index contributed by atoms with van der Waals surface area (Å²) in [5.41, 5.74) is 0.316. The van der Waals surface area contributed by atoms with Crippen LogP contribution in [0.25, 0.3) is 0 Å². The predicted octanol–water partition coefficient (Wildman–Crippen LogP) is 2.44. The third-order valence-electron chi connectivity index (χ3n) is 3.35. The van der Waals surface area contributed by atoms with E-state index in [1.54, 1.807) is 31.1 Å². The zero-order valence-corrected chi connectivity index (χ0v) is 13.5. The van der Waals surface area contributed by atoms with Crippen LogP contribution >= 0.6 is 12.2 Å². The van der Waals surface area contributed by atoms with E-state index in [0.717, 1.165) is 0 Å². The molecule has 8 heteroatoms. The van der Waals surface area contributed by atoms with Crippen molar-refractivity contribution in [3.05, 3.63) is 58.0 Å². The van der Waals surface area contributed by atoms with Crippen LogP contribution in [0.1, 0.15) is 20.3 Å². The molecule has 1 atom stereocenters. The van der Waals surface area contributed by atoms with Gasteiger partial charge >= 0.3 is 5.97 Å². The molecule has 1 heterocycles. The van der Waals surface area contributed by atoms with E-state index in [2.05, 4.69) is 0 Å². The molecule has 2 rings (SSSR count). The first-order valence-electron chi connectivity index (χ1n) is 7.02. The van der Waals surface area contributed by atoms with Gasteiger partial charge in [-0.3, -0.25) is 10.1 Å². The van der Waals surface area contributed by atoms with Crippen molar-refractivity contribution in [1.82, 2.24) is 4.90 Å². The average molecular weight is 336 g/mol. The molecule has 0 aromatic carbocycles. The third kappa shape index (κ3) is 3.84. The number of nitrogens with zero attached hydrogens (tertiary/aromatic N) is 2. The van der Waals surface area contributed by atoms with Crippen LogP contribution in [-0.2, 0) is 14.3 Å². The third-order valence-corrected chi connectivity index (χ3v) is 3.63. The van der Waals surface area contributed by atoms with Gasteiger partial charge in [-0.15, -0.1) is 0 Å². The fourth-order valence-corrected chi connectivity index (χ4v) is 2.35. The summed E-state index contributed by atoms with van der Waals surface area (Å²) in [4.78, 5) is 24.7. The van der Waals surface area contributed by atoms with E-state index in [0.29, 0.717) is 16.2 Å². The van der Waals surface area contributed by atoms with E-state index in [1.165, 1.54) is 18.4 Å². The van der Waals surface area contributed by atoms with E-state index in [9.17, 15) is 14.9 Å². The minimum Gasteiger partial charge on any atom is -0.464 e. The Hall–Kier alpha value is -2.48. The van der Waals surface area contributed by atoms with E-state index < -0.39 is 16.9 Å². The molecule has 122 valence electrons. The fraction of sp³-hybridized carbons (Fsp3) is 0.333. The lowest BCUT2D eigenvalue weighted by molar-refractivity contribution is -0.420. The molecule has 23 heavy (non-hydrogen) atoms. The van der Waals surface area contributed by atoms with Gasteiger partial charge in [0.1, 0.15) is 12.3 Å². The lowest BCUT2D eigenvalue weighted by Crippen LogP contribution is -2.34. The highest BCUT2D eigenvalue weighted by molar-refractivity contribution is 7.80. The van der Waals surface area contributed by atoms with E-state index in [4.69, 9.17) is 21.7 Å². The number of hydrogen-bond donors (Lipinski definition) is 0. The molecule has 0 N–H and O–H groups in total. The van der Waals surface area contributed by atoms with E-state index in [1.807, 2.05) is 0 Å². The molecule has 2 aliphatic rings. The first kappa shape index (κ1) is 16.9. The number of hydrogen-bond acceptors (Lipinski definition) is 7. The van der Waals surface area contributed by atoms with Crippen molar-refractivity contribution >= 4 is 23.1 Å². The lowest BCUT2D eigenvalue weighted by Gasteiger charge is -2.26. The van der Waals surface area contributed by atoms with Crippen LogP contribution in [0.3, 0.4) is 0 Å². The summed E-state index contributed by atoms with van der Waals surface area (Å²) in [6, 6.07) is -0.573. The predicted molar refractivity (Wildman–Crippen MR) is 86.6 cm³/mol. The molecule has 1 aliphatic carbocycles. The molecule has 0 saturated carbocycles. The molecule has 0 amide bonds. The van der Waals surface area contributed by atoms with Crippen LogP contribution in [0.4, 0.5) is 0 Å². The van der Waals surface area contributed by atoms with E-state index >= 15 is 0 Å². The Morgan fingerprint density at radius 1 is 1.57 bits per heavy atom. The summed E-state index contributed by atoms with van der Waals surface area (Å²) in [6.45, 7) is 3.68. The molecule has 0 unspecified atom stereocenters. The number of nitro groups is 1. The van der Waals surface area contributed by atoms with Crippen LogP contribution in [0.5, 0.6) is 0 Å². The fourth-order valence-electron chi connectivity index (χ4n) is 2.14. The number of carbonyl (C=O) groups is 1. The number of ether oxygens (including phenoxy) is 2. The summed E-state index contributed by atoms with van der Waals surface area (Å²) in [5.74, 6) is -0.0979. The maximum absolute atomic E-state index is 11.8. The molecule has 0 bridgehead atoms. The van der Waals surface area contributed by atoms with Gasteiger partial charge in [-0.1, -0.05) is 12.2 Å². The van der Waals surface area contributed by atoms with Crippen LogP contribution in [0, 0.1) is 10.1 Å². The van der Waals surface area contributed by atoms with Crippen molar-refractivity contribution in [3.63, 3.8) is 0 Å². The highest BCUT2D eigenvalue weighted by Crippen LogP contribution is 2.28. The number of rotatable bonds is 5. The second-order valence-electron chi connectivity index (χ2n) is 4.87. The van der Waals surface area contributed by atoms with E-state index in [-0.39, 0.29) is 18.7 Å². The first-order chi connectivity index (χ1) is 10.9. The molecular formula is C15H16N2O5S. The summed E-state index contributed by atoms with van der Waals surface area (Å²) in [6.07, 6.45) is 7.62. The largest absolute Gasteiger partial charge is 0.464 e. The number of carbonyl (C=O) groups excluding carboxylic acids is 1. The average Bonchev–Trinajstić information content (AvgIpc) is 2.54. The Balaban J connectivity index is 2.31. The Kier molecular flexibility index (Phi) is 5.28. The second-order valence-corrected chi connectivity index (χ2v) is 5.39. The molecule has 0 aromatic heterocycles. The second kappa shape index (κ2) is 7.19. The minimum absolute atomic E-state index is 0.0658. The summed E-state index contributed by atoms with van der Waals surface area (Å²) >= 11 is 5.12. The zero-order valence-electron chi connectivity index (χ0n) is 12.7. The topological polar surface area (TPSA) is 81.9 Å². The Bertz CT molecular complexity index is 663. The van der Waals surface area contributed by atoms with Crippen molar-refractivity contribution in [3.8, 4) is 0 Å². The van der Waals surface area contributed by atoms with Gasteiger partial charge in [-0.05, 0) is 19.9 Å². The van der Waals surface area contributed by atoms with Gasteiger partial charge in [-0.2, -0.15) is 0 Å². The molecule has 0 fully saturated rings. The highest BCUT2D eigenvalue weighted by atomic mass is 32.1. The van der Waals surface area contributed by atoms with Crippen molar-refractivity contribution in [2.75, 3.05) is 6.61 Å². The molecule has 7 nitrogen and oxygen atoms in total. The smallest absolute Gasteiger partial charge is 0.328 e. The van der Waals surface area contributed by atoms with Crippen LogP contribution < -0.4 is 0 Å². The maximum Gasteiger partial charge on any atom is 0.328 e. The Morgan fingerprint density at radius 3 is 2.96 bits per heavy atom. The van der Waals surface area contributed by atoms with Gasteiger partial charge in [0.2, 0.25) is 0 Å². The Morgan fingerprint density at radius 2 is 2.30 bits per heavy atom. The first-order valence-corrected chi connectivity index (χ1v) is 7.43. The number of esters is 1. The van der Waals surface area contributed by atoms with Crippen molar-refractivity contribution in [2.24, 2.45) is 0 Å². The van der Waals surface area contributed by atoms with Crippen LogP contribution in [-0.4, -0.2) is 33.3 Å². The highest BCUT2D eigenvalue weighted by Gasteiger charge is 2.28. The molecule has 0 spiro atoms. The van der Waals surface area contributed by atoms with Gasteiger partial charge in [0, 0.05) is 29.8 Å². The Labute approximate surface area is 138 Å². The van der Waals surface area contributed by atoms with Crippen molar-refractivity contribution in [1.29, 1.82) is 0 Å². The monoisotopic (exact) mass is 336 g/mol. The normalized spacial score (nSPS) is 18.4. The SMILES string of the molecule is CCOC(=O)[C@@H](C)N1C=COC(C2=C([N+](=O)[O-])C=CC(=S)C2)=C1. The van der Waals surface area contributed by atoms with Gasteiger partial charge in [0.05, 0.1) is 17.1 Å². The van der Waals surface area contributed by atoms with Gasteiger partial charge < -0.3 is 14.4 Å². The molecule has 0 saturated heterocycles. The van der Waals surface area contributed by atoms with Crippen LogP contribution in [0.15, 0.2) is 47.8 Å². The van der Waals surface area contributed by atoms with Gasteiger partial charge in [-0.25, -0.2) is 4.79 Å². The number of thiocarbonyl (C=S) groups is 1. The number of allylic oxidation sites excluding steroid dienone is 3. The quantitative estimate of drug-likeness (QED) is 0.330. The van der Waals surface area contributed by atoms with Crippen molar-refractivity contribution in [2.45, 2.75) is 26.3 Å². The standard InChI is InChI=1S/C15H16N2O5S/c1-3-21-15(18)10(2)16-6-7-22-14(9-16)12-8-11(23)4-5-13(12)17(19)20/h4-7,9-10H,3,8H2,1-2H3/t10-/m1/s1. The summed E-state index contributed by atoms with van der Waals surface area (Å²) in [7, 11) is 0. The molecular weight excluding hydrogens is 320 g/mol. The molecule has 0 radical (unpaired) electrons. The lowest BCUT2D eigenvalue weighted by atomic mass is 10.00. The van der Waals surface area contributed by atoms with Crippen molar-refractivity contribution < 1.29 is 19.2 Å². The summed E-state index contributed by atoms with van der Waals surface area (Å²) in [5, 5.41) is 11.2. The minimum atomic E-state index is -0.573. The summed E-state index contributed by atoms with van der Waals surface area (Å²) < 4.78 is 10.4. The zero-order chi connectivity index (χ0) is 17.0. The van der Waals surface area contributed by atoms with Gasteiger partial charge in [0.25, 0.3) is 5.70 Å².